The van der Waals surface area contributed by atoms with Crippen molar-refractivity contribution in [3.63, 3.8) is 0 Å². The Balaban J connectivity index is 1.89. The molecular weight excluding hydrogens is 323 g/mol. The van der Waals surface area contributed by atoms with Crippen LogP contribution in [-0.4, -0.2) is 35.7 Å². The number of aliphatic hydroxyl groups is 1. The average molecular weight is 346 g/mol. The summed E-state index contributed by atoms with van der Waals surface area (Å²) in [4.78, 5) is 13.6. The molecule has 0 heterocycles. The van der Waals surface area contributed by atoms with Crippen LogP contribution in [0.1, 0.15) is 18.9 Å². The van der Waals surface area contributed by atoms with Crippen molar-refractivity contribution in [3.05, 3.63) is 59.9 Å². The van der Waals surface area contributed by atoms with Crippen LogP contribution < -0.4 is 10.1 Å². The Kier molecular flexibility index (Phi) is 6.77. The lowest BCUT2D eigenvalue weighted by molar-refractivity contribution is 0.167. The van der Waals surface area contributed by atoms with Crippen LogP contribution in [0.5, 0.6) is 5.75 Å². The molecule has 0 aliphatic heterocycles. The Labute approximate surface area is 147 Å². The van der Waals surface area contributed by atoms with Crippen molar-refractivity contribution in [1.82, 2.24) is 4.90 Å². The van der Waals surface area contributed by atoms with E-state index in [0.717, 1.165) is 5.56 Å². The number of amides is 2. The number of halogens is 1. The molecule has 2 aromatic rings. The molecule has 2 amide bonds. The summed E-state index contributed by atoms with van der Waals surface area (Å²) in [6.45, 7) is 2.46. The number of anilines is 1. The molecule has 6 heteroatoms. The van der Waals surface area contributed by atoms with Crippen LogP contribution in [0.2, 0.25) is 0 Å². The number of carbonyl (C=O) groups is 1. The van der Waals surface area contributed by atoms with E-state index in [4.69, 9.17) is 4.74 Å². The van der Waals surface area contributed by atoms with E-state index in [9.17, 15) is 14.3 Å². The molecule has 0 radical (unpaired) electrons. The lowest BCUT2D eigenvalue weighted by Gasteiger charge is -2.19. The molecule has 0 spiro atoms. The molecule has 0 aromatic heterocycles. The van der Waals surface area contributed by atoms with Crippen LogP contribution in [0.15, 0.2) is 48.5 Å². The zero-order chi connectivity index (χ0) is 18.2. The van der Waals surface area contributed by atoms with E-state index in [1.165, 1.54) is 17.0 Å². The van der Waals surface area contributed by atoms with Crippen molar-refractivity contribution in [2.75, 3.05) is 18.9 Å². The highest BCUT2D eigenvalue weighted by atomic mass is 19.1. The number of hydrogen-bond donors (Lipinski definition) is 2. The number of ether oxygens (including phenoxy) is 1. The first-order valence-corrected chi connectivity index (χ1v) is 8.11. The number of nitrogens with zero attached hydrogens (tertiary/aromatic N) is 1. The second kappa shape index (κ2) is 9.03. The molecule has 2 N–H and O–H groups in total. The maximum absolute atomic E-state index is 12.9. The van der Waals surface area contributed by atoms with Gasteiger partial charge in [0.25, 0.3) is 0 Å². The smallest absolute Gasteiger partial charge is 0.321 e. The van der Waals surface area contributed by atoms with Gasteiger partial charge in [-0.15, -0.1) is 0 Å². The fraction of sp³-hybridized carbons (Fsp3) is 0.316. The summed E-state index contributed by atoms with van der Waals surface area (Å²) in [5, 5.41) is 12.1. The zero-order valence-electron chi connectivity index (χ0n) is 14.4. The first kappa shape index (κ1) is 18.7. The summed E-state index contributed by atoms with van der Waals surface area (Å²) in [6, 6.07) is 12.9. The van der Waals surface area contributed by atoms with Crippen LogP contribution in [0.4, 0.5) is 14.9 Å². The lowest BCUT2D eigenvalue weighted by Crippen LogP contribution is -2.33. The molecule has 0 saturated heterocycles. The Morgan fingerprint density at radius 2 is 2.00 bits per heavy atom. The minimum absolute atomic E-state index is 0.253. The normalized spacial score (nSPS) is 11.7. The first-order chi connectivity index (χ1) is 11.9. The van der Waals surface area contributed by atoms with Crippen LogP contribution in [-0.2, 0) is 6.61 Å². The van der Waals surface area contributed by atoms with E-state index in [1.54, 1.807) is 50.4 Å². The summed E-state index contributed by atoms with van der Waals surface area (Å²) >= 11 is 0. The molecular formula is C19H23FN2O3. The van der Waals surface area contributed by atoms with Crippen molar-refractivity contribution in [2.45, 2.75) is 26.1 Å². The summed E-state index contributed by atoms with van der Waals surface area (Å²) in [5.74, 6) is 0.321. The fourth-order valence-corrected chi connectivity index (χ4v) is 2.11. The highest BCUT2D eigenvalue weighted by Crippen LogP contribution is 2.19. The topological polar surface area (TPSA) is 61.8 Å². The van der Waals surface area contributed by atoms with Gasteiger partial charge < -0.3 is 20.1 Å². The second-order valence-corrected chi connectivity index (χ2v) is 5.93. The third-order valence-corrected chi connectivity index (χ3v) is 3.63. The van der Waals surface area contributed by atoms with Gasteiger partial charge in [0, 0.05) is 25.3 Å². The molecule has 1 atom stereocenters. The van der Waals surface area contributed by atoms with E-state index < -0.39 is 6.10 Å². The SMILES string of the molecule is CC(O)CCN(C)C(=O)Nc1cccc(OCc2ccc(F)cc2)c1. The average Bonchev–Trinajstić information content (AvgIpc) is 2.59. The Morgan fingerprint density at radius 1 is 1.28 bits per heavy atom. The molecule has 134 valence electrons. The van der Waals surface area contributed by atoms with Gasteiger partial charge in [-0.05, 0) is 43.2 Å². The van der Waals surface area contributed by atoms with Crippen molar-refractivity contribution >= 4 is 11.7 Å². The molecule has 0 fully saturated rings. The minimum atomic E-state index is -0.446. The summed E-state index contributed by atoms with van der Waals surface area (Å²) in [7, 11) is 1.67. The van der Waals surface area contributed by atoms with Gasteiger partial charge in [-0.1, -0.05) is 18.2 Å². The number of nitrogens with one attached hydrogen (secondary N) is 1. The molecule has 2 aromatic carbocycles. The fourth-order valence-electron chi connectivity index (χ4n) is 2.11. The number of carbonyl (C=O) groups excluding carboxylic acids is 1. The quantitative estimate of drug-likeness (QED) is 0.805. The van der Waals surface area contributed by atoms with Gasteiger partial charge >= 0.3 is 6.03 Å². The van der Waals surface area contributed by atoms with Gasteiger partial charge in [0.05, 0.1) is 6.10 Å². The predicted octanol–water partition coefficient (Wildman–Crippen LogP) is 3.64. The standard InChI is InChI=1S/C19H23FN2O3/c1-14(23)10-11-22(2)19(24)21-17-4-3-5-18(12-17)25-13-15-6-8-16(20)9-7-15/h3-9,12,14,23H,10-11,13H2,1-2H3,(H,21,24). The summed E-state index contributed by atoms with van der Waals surface area (Å²) < 4.78 is 18.6. The summed E-state index contributed by atoms with van der Waals surface area (Å²) in [6.07, 6.45) is 0.0727. The van der Waals surface area contributed by atoms with Gasteiger partial charge in [0.1, 0.15) is 18.2 Å². The van der Waals surface area contributed by atoms with Crippen molar-refractivity contribution in [2.24, 2.45) is 0 Å². The van der Waals surface area contributed by atoms with Gasteiger partial charge in [0.2, 0.25) is 0 Å². The monoisotopic (exact) mass is 346 g/mol. The van der Waals surface area contributed by atoms with Crippen LogP contribution in [0.25, 0.3) is 0 Å². The highest BCUT2D eigenvalue weighted by Gasteiger charge is 2.10. The zero-order valence-corrected chi connectivity index (χ0v) is 14.4. The Morgan fingerprint density at radius 3 is 2.68 bits per heavy atom. The summed E-state index contributed by atoms with van der Waals surface area (Å²) in [5.41, 5.74) is 1.47. The first-order valence-electron chi connectivity index (χ1n) is 8.11. The predicted molar refractivity (Wildman–Crippen MR) is 95.1 cm³/mol. The largest absolute Gasteiger partial charge is 0.489 e. The Hall–Kier alpha value is -2.60. The molecule has 0 saturated carbocycles. The Bertz CT molecular complexity index is 689. The van der Waals surface area contributed by atoms with Crippen molar-refractivity contribution < 1.29 is 19.0 Å². The molecule has 25 heavy (non-hydrogen) atoms. The third-order valence-electron chi connectivity index (χ3n) is 3.63. The van der Waals surface area contributed by atoms with Gasteiger partial charge in [-0.25, -0.2) is 9.18 Å². The van der Waals surface area contributed by atoms with E-state index in [1.807, 2.05) is 0 Å². The van der Waals surface area contributed by atoms with Crippen molar-refractivity contribution in [1.29, 1.82) is 0 Å². The molecule has 0 aliphatic rings. The van der Waals surface area contributed by atoms with Crippen LogP contribution in [0, 0.1) is 5.82 Å². The molecule has 0 aliphatic carbocycles. The van der Waals surface area contributed by atoms with E-state index >= 15 is 0 Å². The molecule has 2 rings (SSSR count). The minimum Gasteiger partial charge on any atom is -0.489 e. The van der Waals surface area contributed by atoms with Gasteiger partial charge in [0.15, 0.2) is 0 Å². The second-order valence-electron chi connectivity index (χ2n) is 5.93. The number of rotatable bonds is 7. The number of hydrogen-bond acceptors (Lipinski definition) is 3. The lowest BCUT2D eigenvalue weighted by atomic mass is 10.2. The van der Waals surface area contributed by atoms with Crippen LogP contribution in [0.3, 0.4) is 0 Å². The number of benzene rings is 2. The maximum atomic E-state index is 12.9. The van der Waals surface area contributed by atoms with E-state index in [2.05, 4.69) is 5.32 Å². The van der Waals surface area contributed by atoms with Gasteiger partial charge in [-0.2, -0.15) is 0 Å². The number of urea groups is 1. The highest BCUT2D eigenvalue weighted by molar-refractivity contribution is 5.89. The van der Waals surface area contributed by atoms with Crippen LogP contribution >= 0.6 is 0 Å². The molecule has 5 nitrogen and oxygen atoms in total. The molecule has 0 bridgehead atoms. The maximum Gasteiger partial charge on any atom is 0.321 e. The van der Waals surface area contributed by atoms with E-state index in [0.29, 0.717) is 31.0 Å². The molecule has 1 unspecified atom stereocenters. The van der Waals surface area contributed by atoms with Gasteiger partial charge in [-0.3, -0.25) is 0 Å². The van der Waals surface area contributed by atoms with Crippen molar-refractivity contribution in [3.8, 4) is 5.75 Å². The van der Waals surface area contributed by atoms with E-state index in [-0.39, 0.29) is 11.8 Å². The number of aliphatic hydroxyl groups excluding tert-OH is 1. The third kappa shape index (κ3) is 6.43.